The van der Waals surface area contributed by atoms with Crippen molar-refractivity contribution in [3.05, 3.63) is 83.6 Å². The Morgan fingerprint density at radius 1 is 0.897 bits per heavy atom. The third-order valence-corrected chi connectivity index (χ3v) is 5.63. The van der Waals surface area contributed by atoms with E-state index in [-0.39, 0.29) is 0 Å². The van der Waals surface area contributed by atoms with Crippen LogP contribution in [0.15, 0.2) is 66.7 Å². The summed E-state index contributed by atoms with van der Waals surface area (Å²) in [5.74, 6) is 1.52. The molecule has 3 rings (SSSR count). The molecule has 29 heavy (non-hydrogen) atoms. The second kappa shape index (κ2) is 9.73. The smallest absolute Gasteiger partial charge is 0.132 e. The van der Waals surface area contributed by atoms with E-state index in [0.717, 1.165) is 30.9 Å². The van der Waals surface area contributed by atoms with Gasteiger partial charge in [-0.2, -0.15) is 0 Å². The summed E-state index contributed by atoms with van der Waals surface area (Å²) < 4.78 is 0. The van der Waals surface area contributed by atoms with Gasteiger partial charge in [-0.15, -0.1) is 0 Å². The Labute approximate surface area is 176 Å². The molecule has 3 aromatic rings. The summed E-state index contributed by atoms with van der Waals surface area (Å²) in [7, 11) is 0. The molecule has 0 aliphatic heterocycles. The Morgan fingerprint density at radius 3 is 2.07 bits per heavy atom. The minimum absolute atomic E-state index is 0.327. The predicted molar refractivity (Wildman–Crippen MR) is 126 cm³/mol. The maximum atomic E-state index is 5.20. The lowest BCUT2D eigenvalue weighted by Gasteiger charge is -2.34. The van der Waals surface area contributed by atoms with E-state index >= 15 is 0 Å². The average Bonchev–Trinajstić information content (AvgIpc) is 2.75. The Bertz CT molecular complexity index is 901. The third-order valence-electron chi connectivity index (χ3n) is 5.63. The molecule has 0 aliphatic rings. The molecule has 0 saturated heterocycles. The summed E-state index contributed by atoms with van der Waals surface area (Å²) >= 11 is 0. The van der Waals surface area contributed by atoms with Crippen molar-refractivity contribution < 1.29 is 0 Å². The maximum Gasteiger partial charge on any atom is 0.132 e. The van der Waals surface area contributed by atoms with Crippen LogP contribution in [0.4, 0.5) is 5.82 Å². The zero-order valence-electron chi connectivity index (χ0n) is 18.5. The minimum atomic E-state index is 0.327. The Hall–Kier alpha value is -2.61. The van der Waals surface area contributed by atoms with Crippen molar-refractivity contribution in [2.75, 3.05) is 11.4 Å². The Morgan fingerprint density at radius 2 is 1.52 bits per heavy atom. The first kappa shape index (κ1) is 21.1. The molecule has 0 spiro atoms. The molecular weight excluding hydrogens is 352 g/mol. The van der Waals surface area contributed by atoms with Crippen LogP contribution in [0.1, 0.15) is 69.3 Å². The molecule has 0 amide bonds. The minimum Gasteiger partial charge on any atom is -0.349 e. The van der Waals surface area contributed by atoms with Crippen LogP contribution in [0.25, 0.3) is 11.1 Å². The summed E-state index contributed by atoms with van der Waals surface area (Å²) in [4.78, 5) is 7.73. The van der Waals surface area contributed by atoms with E-state index in [1.807, 2.05) is 0 Å². The van der Waals surface area contributed by atoms with Gasteiger partial charge in [-0.25, -0.2) is 4.98 Å². The monoisotopic (exact) mass is 386 g/mol. The first-order valence-electron chi connectivity index (χ1n) is 10.9. The maximum absolute atomic E-state index is 5.20. The van der Waals surface area contributed by atoms with Gasteiger partial charge in [0.25, 0.3) is 0 Å². The van der Waals surface area contributed by atoms with Crippen LogP contribution < -0.4 is 4.90 Å². The zero-order valence-corrected chi connectivity index (χ0v) is 18.5. The molecule has 1 unspecified atom stereocenters. The van der Waals surface area contributed by atoms with Crippen LogP contribution in [-0.2, 0) is 0 Å². The lowest BCUT2D eigenvalue weighted by molar-refractivity contribution is 0.586. The quantitative estimate of drug-likeness (QED) is 0.397. The van der Waals surface area contributed by atoms with Crippen molar-refractivity contribution in [1.82, 2.24) is 4.98 Å². The lowest BCUT2D eigenvalue weighted by Crippen LogP contribution is -2.31. The molecule has 2 nitrogen and oxygen atoms in total. The number of rotatable bonds is 8. The number of hydrogen-bond acceptors (Lipinski definition) is 2. The van der Waals surface area contributed by atoms with Crippen molar-refractivity contribution in [2.45, 2.75) is 59.4 Å². The van der Waals surface area contributed by atoms with Crippen LogP contribution in [0, 0.1) is 6.92 Å². The van der Waals surface area contributed by atoms with Crippen molar-refractivity contribution in [2.24, 2.45) is 0 Å². The van der Waals surface area contributed by atoms with Crippen molar-refractivity contribution in [3.8, 4) is 11.1 Å². The van der Waals surface area contributed by atoms with Gasteiger partial charge in [0, 0.05) is 12.2 Å². The molecule has 152 valence electrons. The number of pyridine rings is 1. The van der Waals surface area contributed by atoms with Crippen molar-refractivity contribution >= 4 is 5.82 Å². The van der Waals surface area contributed by atoms with Gasteiger partial charge in [-0.05, 0) is 54.0 Å². The van der Waals surface area contributed by atoms with Crippen LogP contribution in [0.5, 0.6) is 0 Å². The standard InChI is InChI=1S/C27H34N2/c1-6-18-29(26(7-2)23-16-12-9-13-17-23)27-21(5)24(19-25(28-27)20(3)4)22-14-10-8-11-15-22/h8-17,19-20,26H,6-7,18H2,1-5H3. The third kappa shape index (κ3) is 4.70. The highest BCUT2D eigenvalue weighted by Crippen LogP contribution is 2.36. The molecule has 0 N–H and O–H groups in total. The van der Waals surface area contributed by atoms with E-state index < -0.39 is 0 Å². The van der Waals surface area contributed by atoms with E-state index in [2.05, 4.69) is 106 Å². The van der Waals surface area contributed by atoms with Gasteiger partial charge in [-0.3, -0.25) is 0 Å². The van der Waals surface area contributed by atoms with E-state index in [9.17, 15) is 0 Å². The van der Waals surface area contributed by atoms with Crippen molar-refractivity contribution in [1.29, 1.82) is 0 Å². The molecule has 0 bridgehead atoms. The highest BCUT2D eigenvalue weighted by molar-refractivity contribution is 5.73. The second-order valence-corrected chi connectivity index (χ2v) is 8.09. The van der Waals surface area contributed by atoms with Gasteiger partial charge < -0.3 is 4.90 Å². The molecule has 1 atom stereocenters. The highest BCUT2D eigenvalue weighted by atomic mass is 15.2. The first-order chi connectivity index (χ1) is 14.1. The van der Waals surface area contributed by atoms with E-state index in [4.69, 9.17) is 4.98 Å². The number of anilines is 1. The van der Waals surface area contributed by atoms with E-state index in [1.54, 1.807) is 0 Å². The fraction of sp³-hybridized carbons (Fsp3) is 0.370. The van der Waals surface area contributed by atoms with E-state index in [0.29, 0.717) is 12.0 Å². The van der Waals surface area contributed by atoms with Crippen LogP contribution in [0.2, 0.25) is 0 Å². The normalized spacial score (nSPS) is 12.2. The molecule has 0 aliphatic carbocycles. The molecule has 0 fully saturated rings. The molecule has 2 heteroatoms. The molecule has 1 aromatic heterocycles. The highest BCUT2D eigenvalue weighted by Gasteiger charge is 2.24. The van der Waals surface area contributed by atoms with Crippen molar-refractivity contribution in [3.63, 3.8) is 0 Å². The van der Waals surface area contributed by atoms with Gasteiger partial charge in [0.05, 0.1) is 6.04 Å². The number of hydrogen-bond donors (Lipinski definition) is 0. The van der Waals surface area contributed by atoms with Gasteiger partial charge in [-0.1, -0.05) is 88.4 Å². The fourth-order valence-electron chi connectivity index (χ4n) is 4.07. The molecule has 0 saturated carbocycles. The number of aromatic nitrogens is 1. The van der Waals surface area contributed by atoms with Gasteiger partial charge in [0.2, 0.25) is 0 Å². The van der Waals surface area contributed by atoms with Crippen LogP contribution >= 0.6 is 0 Å². The Kier molecular flexibility index (Phi) is 7.09. The Balaban J connectivity index is 2.18. The summed E-state index contributed by atoms with van der Waals surface area (Å²) in [6.07, 6.45) is 2.15. The van der Waals surface area contributed by atoms with Gasteiger partial charge in [0.1, 0.15) is 5.82 Å². The lowest BCUT2D eigenvalue weighted by atomic mass is 9.96. The summed E-state index contributed by atoms with van der Waals surface area (Å²) in [6, 6.07) is 24.2. The molecular formula is C27H34N2. The fourth-order valence-corrected chi connectivity index (χ4v) is 4.07. The number of benzene rings is 2. The summed E-state index contributed by atoms with van der Waals surface area (Å²) in [5, 5.41) is 0. The van der Waals surface area contributed by atoms with Crippen LogP contribution in [0.3, 0.4) is 0 Å². The SMILES string of the molecule is CCCN(c1nc(C(C)C)cc(-c2ccccc2)c1C)C(CC)c1ccccc1. The van der Waals surface area contributed by atoms with Gasteiger partial charge >= 0.3 is 0 Å². The van der Waals surface area contributed by atoms with E-state index in [1.165, 1.54) is 22.3 Å². The average molecular weight is 387 g/mol. The zero-order chi connectivity index (χ0) is 20.8. The molecule has 0 radical (unpaired) electrons. The largest absolute Gasteiger partial charge is 0.349 e. The summed E-state index contributed by atoms with van der Waals surface area (Å²) in [5.41, 5.74) is 6.35. The molecule has 2 aromatic carbocycles. The molecule has 1 heterocycles. The predicted octanol–water partition coefficient (Wildman–Crippen LogP) is 7.55. The summed E-state index contributed by atoms with van der Waals surface area (Å²) in [6.45, 7) is 12.2. The number of nitrogens with zero attached hydrogens (tertiary/aromatic N) is 2. The van der Waals surface area contributed by atoms with Crippen LogP contribution in [-0.4, -0.2) is 11.5 Å². The topological polar surface area (TPSA) is 16.1 Å². The second-order valence-electron chi connectivity index (χ2n) is 8.09. The van der Waals surface area contributed by atoms with Gasteiger partial charge in [0.15, 0.2) is 0 Å². The first-order valence-corrected chi connectivity index (χ1v) is 10.9.